The number of thiazole rings is 1. The summed E-state index contributed by atoms with van der Waals surface area (Å²) >= 11 is 1.14. The molecule has 1 amide bonds. The van der Waals surface area contributed by atoms with Gasteiger partial charge in [-0.1, -0.05) is 18.3 Å². The largest absolute Gasteiger partial charge is 0.335 e. The fourth-order valence-corrected chi connectivity index (χ4v) is 2.57. The third kappa shape index (κ3) is 2.95. The molecule has 17 heavy (non-hydrogen) atoms. The summed E-state index contributed by atoms with van der Waals surface area (Å²) in [6.45, 7) is 4.24. The Bertz CT molecular complexity index is 440. The highest BCUT2D eigenvalue weighted by molar-refractivity contribution is 7.07. The first-order valence-corrected chi connectivity index (χ1v) is 6.77. The van der Waals surface area contributed by atoms with Crippen LogP contribution in [0.1, 0.15) is 25.5 Å². The molecule has 2 heterocycles. The van der Waals surface area contributed by atoms with Crippen molar-refractivity contribution >= 4 is 17.2 Å². The molecule has 0 spiro atoms. The first-order chi connectivity index (χ1) is 8.20. The van der Waals surface area contributed by atoms with E-state index >= 15 is 0 Å². The molecular weight excluding hydrogens is 238 g/mol. The summed E-state index contributed by atoms with van der Waals surface area (Å²) < 4.78 is 0. The van der Waals surface area contributed by atoms with Crippen LogP contribution >= 0.6 is 11.3 Å². The van der Waals surface area contributed by atoms with Crippen LogP contribution in [-0.2, 0) is 11.3 Å². The maximum Gasteiger partial charge on any atom is 0.304 e. The van der Waals surface area contributed by atoms with Crippen molar-refractivity contribution in [3.63, 3.8) is 0 Å². The third-order valence-corrected chi connectivity index (χ3v) is 3.59. The van der Waals surface area contributed by atoms with Crippen LogP contribution in [0, 0.1) is 0 Å². The minimum atomic E-state index is -0.0627. The Morgan fingerprint density at radius 2 is 2.41 bits per heavy atom. The van der Waals surface area contributed by atoms with Gasteiger partial charge in [-0.15, -0.1) is 0 Å². The molecule has 0 saturated carbocycles. The first kappa shape index (κ1) is 12.3. The summed E-state index contributed by atoms with van der Waals surface area (Å²) in [5.74, 6) is 0.144. The molecule has 1 aliphatic heterocycles. The molecule has 2 N–H and O–H groups in total. The SMILES string of the molecule is CCCNC1CCN(Cc2csc(=O)[nH]2)C1=O. The second-order valence-corrected chi connectivity index (χ2v) is 5.07. The molecule has 0 aliphatic carbocycles. The van der Waals surface area contributed by atoms with Gasteiger partial charge in [0, 0.05) is 17.6 Å². The highest BCUT2D eigenvalue weighted by atomic mass is 32.1. The molecule has 0 bridgehead atoms. The molecule has 6 heteroatoms. The highest BCUT2D eigenvalue weighted by Crippen LogP contribution is 2.14. The van der Waals surface area contributed by atoms with Crippen LogP contribution in [0.4, 0.5) is 0 Å². The Morgan fingerprint density at radius 1 is 1.59 bits per heavy atom. The van der Waals surface area contributed by atoms with E-state index in [1.165, 1.54) is 0 Å². The van der Waals surface area contributed by atoms with Gasteiger partial charge in [0.05, 0.1) is 12.6 Å². The minimum Gasteiger partial charge on any atom is -0.335 e. The summed E-state index contributed by atoms with van der Waals surface area (Å²) in [6.07, 6.45) is 1.88. The summed E-state index contributed by atoms with van der Waals surface area (Å²) in [4.78, 5) is 27.5. The van der Waals surface area contributed by atoms with Crippen molar-refractivity contribution < 1.29 is 4.79 Å². The number of nitrogens with one attached hydrogen (secondary N) is 2. The van der Waals surface area contributed by atoms with Crippen molar-refractivity contribution in [3.8, 4) is 0 Å². The van der Waals surface area contributed by atoms with Gasteiger partial charge in [-0.25, -0.2) is 0 Å². The van der Waals surface area contributed by atoms with Gasteiger partial charge in [-0.05, 0) is 19.4 Å². The molecule has 1 aromatic rings. The predicted molar refractivity (Wildman–Crippen MR) is 67.1 cm³/mol. The number of rotatable bonds is 5. The van der Waals surface area contributed by atoms with Crippen molar-refractivity contribution in [2.24, 2.45) is 0 Å². The van der Waals surface area contributed by atoms with Crippen molar-refractivity contribution in [1.29, 1.82) is 0 Å². The fraction of sp³-hybridized carbons (Fsp3) is 0.636. The van der Waals surface area contributed by atoms with Crippen LogP contribution in [0.25, 0.3) is 0 Å². The standard InChI is InChI=1S/C11H17N3O2S/c1-2-4-12-9-3-5-14(10(9)15)6-8-7-17-11(16)13-8/h7,9,12H,2-6H2,1H3,(H,13,16). The summed E-state index contributed by atoms with van der Waals surface area (Å²) in [6, 6.07) is -0.0414. The Hall–Kier alpha value is -1.14. The number of amides is 1. The monoisotopic (exact) mass is 255 g/mol. The van der Waals surface area contributed by atoms with E-state index in [9.17, 15) is 9.59 Å². The number of aromatic amines is 1. The highest BCUT2D eigenvalue weighted by Gasteiger charge is 2.30. The molecule has 94 valence electrons. The number of hydrogen-bond donors (Lipinski definition) is 2. The Balaban J connectivity index is 1.91. The zero-order valence-corrected chi connectivity index (χ0v) is 10.7. The van der Waals surface area contributed by atoms with E-state index in [2.05, 4.69) is 17.2 Å². The Labute approximate surface area is 104 Å². The molecule has 2 rings (SSSR count). The minimum absolute atomic E-state index is 0.0414. The molecular formula is C11H17N3O2S. The van der Waals surface area contributed by atoms with E-state index < -0.39 is 0 Å². The van der Waals surface area contributed by atoms with Crippen molar-refractivity contribution in [2.75, 3.05) is 13.1 Å². The molecule has 0 radical (unpaired) electrons. The molecule has 1 aromatic heterocycles. The first-order valence-electron chi connectivity index (χ1n) is 5.89. The van der Waals surface area contributed by atoms with Gasteiger partial charge in [0.25, 0.3) is 0 Å². The van der Waals surface area contributed by atoms with Crippen LogP contribution in [0.15, 0.2) is 10.2 Å². The van der Waals surface area contributed by atoms with E-state index in [-0.39, 0.29) is 16.8 Å². The molecule has 5 nitrogen and oxygen atoms in total. The van der Waals surface area contributed by atoms with Gasteiger partial charge in [0.2, 0.25) is 5.91 Å². The number of likely N-dealkylation sites (tertiary alicyclic amines) is 1. The van der Waals surface area contributed by atoms with E-state index in [1.54, 1.807) is 10.3 Å². The fourth-order valence-electron chi connectivity index (χ4n) is 2.00. The van der Waals surface area contributed by atoms with Gasteiger partial charge in [0.1, 0.15) is 0 Å². The predicted octanol–water partition coefficient (Wildman–Crippen LogP) is 0.537. The van der Waals surface area contributed by atoms with E-state index in [4.69, 9.17) is 0 Å². The third-order valence-electron chi connectivity index (χ3n) is 2.87. The molecule has 0 aromatic carbocycles. The Morgan fingerprint density at radius 3 is 3.06 bits per heavy atom. The van der Waals surface area contributed by atoms with Crippen LogP contribution in [0.3, 0.4) is 0 Å². The number of carbonyl (C=O) groups excluding carboxylic acids is 1. The second-order valence-electron chi connectivity index (χ2n) is 4.23. The topological polar surface area (TPSA) is 65.2 Å². The van der Waals surface area contributed by atoms with Gasteiger partial charge >= 0.3 is 4.87 Å². The number of carbonyl (C=O) groups is 1. The average Bonchev–Trinajstić information content (AvgIpc) is 2.86. The number of hydrogen-bond acceptors (Lipinski definition) is 4. The van der Waals surface area contributed by atoms with Gasteiger partial charge in [-0.2, -0.15) is 0 Å². The lowest BCUT2D eigenvalue weighted by molar-refractivity contribution is -0.129. The summed E-state index contributed by atoms with van der Waals surface area (Å²) in [7, 11) is 0. The van der Waals surface area contributed by atoms with Crippen LogP contribution in [0.5, 0.6) is 0 Å². The van der Waals surface area contributed by atoms with Crippen LogP contribution < -0.4 is 10.2 Å². The van der Waals surface area contributed by atoms with Crippen molar-refractivity contribution in [2.45, 2.75) is 32.4 Å². The van der Waals surface area contributed by atoms with Crippen LogP contribution in [0.2, 0.25) is 0 Å². The van der Waals surface area contributed by atoms with Gasteiger partial charge in [0.15, 0.2) is 0 Å². The lowest BCUT2D eigenvalue weighted by atomic mass is 10.2. The smallest absolute Gasteiger partial charge is 0.304 e. The zero-order valence-electron chi connectivity index (χ0n) is 9.86. The van der Waals surface area contributed by atoms with Crippen molar-refractivity contribution in [3.05, 3.63) is 20.7 Å². The molecule has 1 aliphatic rings. The quantitative estimate of drug-likeness (QED) is 0.807. The second kappa shape index (κ2) is 5.46. The molecule has 1 unspecified atom stereocenters. The maximum atomic E-state index is 12.0. The van der Waals surface area contributed by atoms with Crippen LogP contribution in [-0.4, -0.2) is 34.9 Å². The zero-order chi connectivity index (χ0) is 12.3. The maximum absolute atomic E-state index is 12.0. The number of aromatic nitrogens is 1. The normalized spacial score (nSPS) is 20.2. The van der Waals surface area contributed by atoms with Gasteiger partial charge < -0.3 is 15.2 Å². The molecule has 1 saturated heterocycles. The van der Waals surface area contributed by atoms with E-state index in [0.717, 1.165) is 43.0 Å². The molecule has 1 fully saturated rings. The lowest BCUT2D eigenvalue weighted by Gasteiger charge is -2.15. The number of H-pyrrole nitrogens is 1. The van der Waals surface area contributed by atoms with E-state index in [1.807, 2.05) is 0 Å². The summed E-state index contributed by atoms with van der Waals surface area (Å²) in [5, 5.41) is 5.02. The lowest BCUT2D eigenvalue weighted by Crippen LogP contribution is -2.38. The van der Waals surface area contributed by atoms with E-state index in [0.29, 0.717) is 6.54 Å². The summed E-state index contributed by atoms with van der Waals surface area (Å²) in [5.41, 5.74) is 0.824. The Kier molecular flexibility index (Phi) is 3.96. The number of nitrogens with zero attached hydrogens (tertiary/aromatic N) is 1. The van der Waals surface area contributed by atoms with Crippen molar-refractivity contribution in [1.82, 2.24) is 15.2 Å². The van der Waals surface area contributed by atoms with Gasteiger partial charge in [-0.3, -0.25) is 9.59 Å². The average molecular weight is 255 g/mol. The molecule has 1 atom stereocenters.